The molecule has 0 saturated carbocycles. The van der Waals surface area contributed by atoms with Crippen LogP contribution in [0.5, 0.6) is 0 Å². The number of fused-ring (bicyclic) bond motifs is 1. The maximum atomic E-state index is 9.05. The summed E-state index contributed by atoms with van der Waals surface area (Å²) >= 11 is 17.7. The predicted octanol–water partition coefficient (Wildman–Crippen LogP) is 1.14. The molecule has 0 radical (unpaired) electrons. The van der Waals surface area contributed by atoms with Crippen LogP contribution in [0.25, 0.3) is 6.20 Å². The molecule has 0 unspecified atom stereocenters. The van der Waals surface area contributed by atoms with Gasteiger partial charge in [-0.05, 0) is 18.2 Å². The Bertz CT molecular complexity index is 850. The topological polar surface area (TPSA) is 69.2 Å². The number of aromatic nitrogens is 2. The maximum Gasteiger partial charge on any atom is 0.236 e. The van der Waals surface area contributed by atoms with Crippen LogP contribution in [0.4, 0.5) is 0 Å². The van der Waals surface area contributed by atoms with Crippen LogP contribution in [0.15, 0.2) is 23.3 Å². The van der Waals surface area contributed by atoms with Gasteiger partial charge in [0.2, 0.25) is 5.82 Å². The molecule has 100 valence electrons. The average Bonchev–Trinajstić information content (AvgIpc) is 2.74. The molecule has 3 rings (SSSR count). The first kappa shape index (κ1) is 13.1. The van der Waals surface area contributed by atoms with Crippen LogP contribution in [-0.2, 0) is 0 Å². The number of hydrazine groups is 1. The second-order valence-electron chi connectivity index (χ2n) is 3.83. The SMILES string of the molecule is N#Cc1nc(Cl)c(Cl)n1N1C=c2ccc(Cl)cc2=NN1. The number of hydrogen-bond donors (Lipinski definition) is 1. The van der Waals surface area contributed by atoms with Crippen molar-refractivity contribution < 1.29 is 0 Å². The van der Waals surface area contributed by atoms with E-state index in [0.717, 1.165) is 5.22 Å². The molecule has 6 nitrogen and oxygen atoms in total. The van der Waals surface area contributed by atoms with E-state index in [9.17, 15) is 0 Å². The third kappa shape index (κ3) is 2.06. The Labute approximate surface area is 128 Å². The van der Waals surface area contributed by atoms with E-state index in [2.05, 4.69) is 15.6 Å². The normalized spacial score (nSPS) is 12.8. The van der Waals surface area contributed by atoms with E-state index < -0.39 is 0 Å². The zero-order valence-electron chi connectivity index (χ0n) is 9.68. The molecule has 1 N–H and O–H groups in total. The van der Waals surface area contributed by atoms with Crippen LogP contribution >= 0.6 is 34.8 Å². The van der Waals surface area contributed by atoms with Crippen molar-refractivity contribution in [2.75, 3.05) is 5.12 Å². The Morgan fingerprint density at radius 3 is 2.80 bits per heavy atom. The summed E-state index contributed by atoms with van der Waals surface area (Å²) in [6.45, 7) is 0. The molecular formula is C11H5Cl3N6. The Hall–Kier alpha value is -1.94. The minimum atomic E-state index is 0.0383. The predicted molar refractivity (Wildman–Crippen MR) is 75.0 cm³/mol. The molecule has 0 atom stereocenters. The summed E-state index contributed by atoms with van der Waals surface area (Å²) in [5.74, 6) is 0.0383. The lowest BCUT2D eigenvalue weighted by atomic mass is 10.3. The Balaban J connectivity index is 2.15. The number of nitrogens with one attached hydrogen (secondary N) is 1. The fourth-order valence-electron chi connectivity index (χ4n) is 1.73. The molecule has 0 amide bonds. The lowest BCUT2D eigenvalue weighted by molar-refractivity contribution is 0.568. The highest BCUT2D eigenvalue weighted by Gasteiger charge is 2.19. The van der Waals surface area contributed by atoms with Gasteiger partial charge in [-0.15, -0.1) is 0 Å². The molecule has 0 fully saturated rings. The standard InChI is InChI=1S/C11H5Cl3N6/c12-7-2-1-6-5-19(18-17-8(6)3-7)20-9(4-15)16-10(13)11(20)14/h1-3,5,18H. The van der Waals surface area contributed by atoms with Gasteiger partial charge in [0, 0.05) is 10.2 Å². The van der Waals surface area contributed by atoms with Gasteiger partial charge >= 0.3 is 0 Å². The largest absolute Gasteiger partial charge is 0.236 e. The number of benzene rings is 1. The number of imidazole rings is 1. The van der Waals surface area contributed by atoms with Crippen molar-refractivity contribution >= 4 is 41.0 Å². The molecule has 9 heteroatoms. The molecule has 0 aliphatic carbocycles. The van der Waals surface area contributed by atoms with Crippen LogP contribution < -0.4 is 21.2 Å². The summed E-state index contributed by atoms with van der Waals surface area (Å²) < 4.78 is 1.31. The summed E-state index contributed by atoms with van der Waals surface area (Å²) in [5.41, 5.74) is 2.72. The smallest absolute Gasteiger partial charge is 0.204 e. The van der Waals surface area contributed by atoms with Crippen molar-refractivity contribution in [2.45, 2.75) is 0 Å². The van der Waals surface area contributed by atoms with E-state index in [-0.39, 0.29) is 16.1 Å². The highest BCUT2D eigenvalue weighted by molar-refractivity contribution is 6.40. The van der Waals surface area contributed by atoms with Crippen LogP contribution in [0, 0.1) is 11.3 Å². The van der Waals surface area contributed by atoms with Gasteiger partial charge in [0.15, 0.2) is 10.3 Å². The molecular weight excluding hydrogens is 323 g/mol. The molecule has 1 aromatic heterocycles. The number of rotatable bonds is 1. The van der Waals surface area contributed by atoms with E-state index in [0.29, 0.717) is 10.4 Å². The quantitative estimate of drug-likeness (QED) is 0.853. The van der Waals surface area contributed by atoms with Gasteiger partial charge in [-0.3, -0.25) is 0 Å². The zero-order valence-corrected chi connectivity index (χ0v) is 11.9. The van der Waals surface area contributed by atoms with Gasteiger partial charge < -0.3 is 0 Å². The average molecular weight is 328 g/mol. The van der Waals surface area contributed by atoms with Gasteiger partial charge in [0.05, 0.1) is 11.6 Å². The maximum absolute atomic E-state index is 9.05. The second kappa shape index (κ2) is 4.87. The monoisotopic (exact) mass is 326 g/mol. The van der Waals surface area contributed by atoms with Crippen molar-refractivity contribution in [1.82, 2.24) is 15.2 Å². The summed E-state index contributed by atoms with van der Waals surface area (Å²) in [6.07, 6.45) is 1.70. The Morgan fingerprint density at radius 1 is 1.25 bits per heavy atom. The highest BCUT2D eigenvalue weighted by atomic mass is 35.5. The lowest BCUT2D eigenvalue weighted by Gasteiger charge is -2.23. The van der Waals surface area contributed by atoms with Crippen molar-refractivity contribution in [2.24, 2.45) is 5.10 Å². The van der Waals surface area contributed by atoms with Gasteiger partial charge in [0.1, 0.15) is 6.07 Å². The first-order chi connectivity index (χ1) is 9.60. The number of nitriles is 1. The van der Waals surface area contributed by atoms with Crippen LogP contribution in [-0.4, -0.2) is 9.66 Å². The van der Waals surface area contributed by atoms with Crippen molar-refractivity contribution in [3.8, 4) is 6.07 Å². The lowest BCUT2D eigenvalue weighted by Crippen LogP contribution is -2.48. The van der Waals surface area contributed by atoms with E-state index in [1.807, 2.05) is 6.07 Å². The van der Waals surface area contributed by atoms with E-state index in [4.69, 9.17) is 40.1 Å². The fourth-order valence-corrected chi connectivity index (χ4v) is 2.26. The summed E-state index contributed by atoms with van der Waals surface area (Å²) in [7, 11) is 0. The van der Waals surface area contributed by atoms with Crippen molar-refractivity contribution in [1.29, 1.82) is 5.26 Å². The summed E-state index contributed by atoms with van der Waals surface area (Å²) in [6, 6.07) is 7.16. The van der Waals surface area contributed by atoms with E-state index in [1.54, 1.807) is 24.4 Å². The van der Waals surface area contributed by atoms with Crippen LogP contribution in [0.1, 0.15) is 5.82 Å². The van der Waals surface area contributed by atoms with E-state index >= 15 is 0 Å². The molecule has 2 aromatic rings. The van der Waals surface area contributed by atoms with Gasteiger partial charge in [-0.1, -0.05) is 34.8 Å². The first-order valence-electron chi connectivity index (χ1n) is 5.34. The first-order valence-corrected chi connectivity index (χ1v) is 6.47. The minimum absolute atomic E-state index is 0.0383. The molecule has 2 heterocycles. The molecule has 0 spiro atoms. The molecule has 0 bridgehead atoms. The minimum Gasteiger partial charge on any atom is -0.204 e. The molecule has 1 aliphatic rings. The molecule has 1 aromatic carbocycles. The Morgan fingerprint density at radius 2 is 2.05 bits per heavy atom. The molecule has 0 saturated heterocycles. The zero-order chi connectivity index (χ0) is 14.3. The number of hydrogen-bond acceptors (Lipinski definition) is 5. The molecule has 1 aliphatic heterocycles. The highest BCUT2D eigenvalue weighted by Crippen LogP contribution is 2.22. The second-order valence-corrected chi connectivity index (χ2v) is 4.98. The fraction of sp³-hybridized carbons (Fsp3) is 0. The van der Waals surface area contributed by atoms with Crippen LogP contribution in [0.2, 0.25) is 15.3 Å². The van der Waals surface area contributed by atoms with Gasteiger partial charge in [0.25, 0.3) is 0 Å². The molecule has 20 heavy (non-hydrogen) atoms. The van der Waals surface area contributed by atoms with E-state index in [1.165, 1.54) is 9.79 Å². The summed E-state index contributed by atoms with van der Waals surface area (Å²) in [5, 5.41) is 16.8. The van der Waals surface area contributed by atoms with Crippen molar-refractivity contribution in [3.05, 3.63) is 49.9 Å². The number of nitrogens with zero attached hydrogens (tertiary/aromatic N) is 5. The Kier molecular flexibility index (Phi) is 3.18. The third-order valence-corrected chi connectivity index (χ3v) is 3.54. The van der Waals surface area contributed by atoms with Crippen molar-refractivity contribution in [3.63, 3.8) is 0 Å². The third-order valence-electron chi connectivity index (χ3n) is 2.60. The van der Waals surface area contributed by atoms with Gasteiger partial charge in [-0.2, -0.15) is 25.7 Å². The van der Waals surface area contributed by atoms with Gasteiger partial charge in [-0.25, -0.2) is 4.98 Å². The number of halogens is 3. The van der Waals surface area contributed by atoms with Crippen LogP contribution in [0.3, 0.4) is 0 Å². The summed E-state index contributed by atoms with van der Waals surface area (Å²) in [4.78, 5) is 3.84.